The van der Waals surface area contributed by atoms with Crippen LogP contribution in [-0.2, 0) is 13.5 Å². The van der Waals surface area contributed by atoms with E-state index in [1.54, 1.807) is 6.20 Å². The van der Waals surface area contributed by atoms with E-state index in [0.29, 0.717) is 0 Å². The fourth-order valence-corrected chi connectivity index (χ4v) is 2.18. The Morgan fingerprint density at radius 3 is 2.80 bits per heavy atom. The van der Waals surface area contributed by atoms with E-state index in [4.69, 9.17) is 11.6 Å². The van der Waals surface area contributed by atoms with Gasteiger partial charge in [0.05, 0.1) is 16.9 Å². The first-order valence-corrected chi connectivity index (χ1v) is 5.74. The monoisotopic (exact) mass is 228 g/mol. The highest BCUT2D eigenvalue weighted by atomic mass is 35.5. The van der Waals surface area contributed by atoms with Crippen LogP contribution in [0.1, 0.15) is 5.69 Å². The summed E-state index contributed by atoms with van der Waals surface area (Å²) in [7, 11) is 1.94. The molecule has 0 atom stereocenters. The Kier molecular flexibility index (Phi) is 3.61. The smallest absolute Gasteiger partial charge is 0.0818 e. The van der Waals surface area contributed by atoms with Crippen LogP contribution in [0.4, 0.5) is 0 Å². The van der Waals surface area contributed by atoms with Gasteiger partial charge in [-0.15, -0.1) is 0 Å². The third-order valence-electron chi connectivity index (χ3n) is 2.89. The largest absolute Gasteiger partial charge is 0.314 e. The maximum Gasteiger partial charge on any atom is 0.0818 e. The highest BCUT2D eigenvalue weighted by Crippen LogP contribution is 2.14. The van der Waals surface area contributed by atoms with Crippen molar-refractivity contribution >= 4 is 11.6 Å². The summed E-state index contributed by atoms with van der Waals surface area (Å²) >= 11 is 6.05. The number of hydrogen-bond donors (Lipinski definition) is 1. The highest BCUT2D eigenvalue weighted by Gasteiger charge is 2.12. The van der Waals surface area contributed by atoms with Gasteiger partial charge in [-0.25, -0.2) is 0 Å². The Morgan fingerprint density at radius 2 is 2.20 bits per heavy atom. The standard InChI is InChI=1S/C10H17ClN4/c1-14-10(9(11)8-13-14)2-5-15-6-3-12-4-7-15/h8,12H,2-7H2,1H3. The van der Waals surface area contributed by atoms with E-state index >= 15 is 0 Å². The molecule has 1 aliphatic heterocycles. The first kappa shape index (κ1) is 10.9. The summed E-state index contributed by atoms with van der Waals surface area (Å²) in [5.74, 6) is 0. The summed E-state index contributed by atoms with van der Waals surface area (Å²) in [4.78, 5) is 2.46. The molecule has 0 bridgehead atoms. The third kappa shape index (κ3) is 2.71. The molecule has 0 unspecified atom stereocenters. The van der Waals surface area contributed by atoms with Crippen LogP contribution in [-0.4, -0.2) is 47.4 Å². The fraction of sp³-hybridized carbons (Fsp3) is 0.700. The molecule has 2 heterocycles. The van der Waals surface area contributed by atoms with Crippen LogP contribution in [0.3, 0.4) is 0 Å². The topological polar surface area (TPSA) is 33.1 Å². The average Bonchev–Trinajstić information content (AvgIpc) is 2.58. The first-order valence-electron chi connectivity index (χ1n) is 5.37. The summed E-state index contributed by atoms with van der Waals surface area (Å²) in [6, 6.07) is 0. The summed E-state index contributed by atoms with van der Waals surface area (Å²) in [5, 5.41) is 8.26. The summed E-state index contributed by atoms with van der Waals surface area (Å²) in [6.45, 7) is 5.53. The highest BCUT2D eigenvalue weighted by molar-refractivity contribution is 6.31. The van der Waals surface area contributed by atoms with Crippen molar-refractivity contribution in [2.24, 2.45) is 7.05 Å². The number of rotatable bonds is 3. The van der Waals surface area contributed by atoms with Crippen LogP contribution in [0, 0.1) is 0 Å². The van der Waals surface area contributed by atoms with E-state index in [9.17, 15) is 0 Å². The van der Waals surface area contributed by atoms with Crippen LogP contribution in [0.15, 0.2) is 6.20 Å². The molecule has 1 saturated heterocycles. The fourth-order valence-electron chi connectivity index (χ4n) is 1.92. The maximum absolute atomic E-state index is 6.05. The molecule has 1 aromatic rings. The van der Waals surface area contributed by atoms with Crippen LogP contribution < -0.4 is 5.32 Å². The molecule has 0 aromatic carbocycles. The number of halogens is 1. The van der Waals surface area contributed by atoms with E-state index in [1.807, 2.05) is 11.7 Å². The number of aryl methyl sites for hydroxylation is 1. The van der Waals surface area contributed by atoms with Gasteiger partial charge in [0.2, 0.25) is 0 Å². The normalized spacial score (nSPS) is 18.3. The molecule has 0 saturated carbocycles. The van der Waals surface area contributed by atoms with Gasteiger partial charge in [-0.05, 0) is 0 Å². The van der Waals surface area contributed by atoms with Gasteiger partial charge >= 0.3 is 0 Å². The quantitative estimate of drug-likeness (QED) is 0.819. The van der Waals surface area contributed by atoms with Crippen molar-refractivity contribution in [2.45, 2.75) is 6.42 Å². The summed E-state index contributed by atoms with van der Waals surface area (Å²) in [5.41, 5.74) is 1.13. The molecule has 2 rings (SSSR count). The SMILES string of the molecule is Cn1ncc(Cl)c1CCN1CCNCC1. The minimum absolute atomic E-state index is 0.785. The van der Waals surface area contributed by atoms with Crippen molar-refractivity contribution < 1.29 is 0 Å². The zero-order valence-electron chi connectivity index (χ0n) is 9.04. The maximum atomic E-state index is 6.05. The van der Waals surface area contributed by atoms with Crippen molar-refractivity contribution in [3.05, 3.63) is 16.9 Å². The molecule has 0 amide bonds. The molecule has 1 fully saturated rings. The van der Waals surface area contributed by atoms with Gasteiger partial charge in [0, 0.05) is 46.2 Å². The van der Waals surface area contributed by atoms with Crippen molar-refractivity contribution in [3.8, 4) is 0 Å². The minimum atomic E-state index is 0.785. The first-order chi connectivity index (χ1) is 7.27. The predicted molar refractivity (Wildman–Crippen MR) is 61.2 cm³/mol. The van der Waals surface area contributed by atoms with Crippen LogP contribution in [0.2, 0.25) is 5.02 Å². The molecule has 5 heteroatoms. The molecular weight excluding hydrogens is 212 g/mol. The second kappa shape index (κ2) is 4.96. The predicted octanol–water partition coefficient (Wildman–Crippen LogP) is 0.521. The van der Waals surface area contributed by atoms with E-state index in [0.717, 1.165) is 49.9 Å². The second-order valence-electron chi connectivity index (χ2n) is 3.90. The number of aromatic nitrogens is 2. The van der Waals surface area contributed by atoms with Gasteiger partial charge in [-0.2, -0.15) is 5.10 Å². The Hall–Kier alpha value is -0.580. The number of nitrogens with zero attached hydrogens (tertiary/aromatic N) is 3. The average molecular weight is 229 g/mol. The summed E-state index contributed by atoms with van der Waals surface area (Å²) < 4.78 is 1.87. The van der Waals surface area contributed by atoms with Gasteiger partial charge in [0.25, 0.3) is 0 Å². The van der Waals surface area contributed by atoms with Crippen molar-refractivity contribution in [2.75, 3.05) is 32.7 Å². The third-order valence-corrected chi connectivity index (χ3v) is 3.20. The number of piperazine rings is 1. The van der Waals surface area contributed by atoms with Crippen molar-refractivity contribution in [1.29, 1.82) is 0 Å². The van der Waals surface area contributed by atoms with E-state index in [2.05, 4.69) is 15.3 Å². The van der Waals surface area contributed by atoms with Gasteiger partial charge in [0.1, 0.15) is 0 Å². The molecule has 84 valence electrons. The van der Waals surface area contributed by atoms with Gasteiger partial charge < -0.3 is 10.2 Å². The molecule has 0 spiro atoms. The molecule has 0 radical (unpaired) electrons. The molecule has 0 aliphatic carbocycles. The van der Waals surface area contributed by atoms with E-state index in [1.165, 1.54) is 0 Å². The molecule has 4 nitrogen and oxygen atoms in total. The van der Waals surface area contributed by atoms with Crippen LogP contribution in [0.25, 0.3) is 0 Å². The Morgan fingerprint density at radius 1 is 1.47 bits per heavy atom. The van der Waals surface area contributed by atoms with Crippen LogP contribution in [0.5, 0.6) is 0 Å². The lowest BCUT2D eigenvalue weighted by atomic mass is 10.2. The Bertz CT molecular complexity index is 298. The zero-order valence-corrected chi connectivity index (χ0v) is 9.80. The van der Waals surface area contributed by atoms with Gasteiger partial charge in [0.15, 0.2) is 0 Å². The van der Waals surface area contributed by atoms with Crippen molar-refractivity contribution in [3.63, 3.8) is 0 Å². The number of nitrogens with one attached hydrogen (secondary N) is 1. The lowest BCUT2D eigenvalue weighted by Crippen LogP contribution is -2.44. The molecule has 1 aliphatic rings. The molecule has 15 heavy (non-hydrogen) atoms. The number of hydrogen-bond acceptors (Lipinski definition) is 3. The van der Waals surface area contributed by atoms with Gasteiger partial charge in [-0.1, -0.05) is 11.6 Å². The zero-order chi connectivity index (χ0) is 10.7. The molecule has 1 aromatic heterocycles. The Balaban J connectivity index is 1.87. The lowest BCUT2D eigenvalue weighted by Gasteiger charge is -2.27. The van der Waals surface area contributed by atoms with E-state index < -0.39 is 0 Å². The van der Waals surface area contributed by atoms with Crippen molar-refractivity contribution in [1.82, 2.24) is 20.0 Å². The minimum Gasteiger partial charge on any atom is -0.314 e. The molecule has 1 N–H and O–H groups in total. The van der Waals surface area contributed by atoms with Gasteiger partial charge in [-0.3, -0.25) is 4.68 Å². The molecular formula is C10H17ClN4. The second-order valence-corrected chi connectivity index (χ2v) is 4.31. The van der Waals surface area contributed by atoms with E-state index in [-0.39, 0.29) is 0 Å². The van der Waals surface area contributed by atoms with Crippen LogP contribution >= 0.6 is 11.6 Å². The lowest BCUT2D eigenvalue weighted by molar-refractivity contribution is 0.242. The summed E-state index contributed by atoms with van der Waals surface area (Å²) in [6.07, 6.45) is 2.70. The Labute approximate surface area is 95.2 Å².